The largest absolute Gasteiger partial charge is 0.416 e. The lowest BCUT2D eigenvalue weighted by atomic mass is 9.93. The number of nitrogens with one attached hydrogen (secondary N) is 1. The van der Waals surface area contributed by atoms with Crippen LogP contribution in [-0.4, -0.2) is 10.9 Å². The van der Waals surface area contributed by atoms with Gasteiger partial charge in [-0.05, 0) is 23.8 Å². The van der Waals surface area contributed by atoms with Crippen molar-refractivity contribution in [1.82, 2.24) is 4.98 Å². The molecule has 0 atom stereocenters. The van der Waals surface area contributed by atoms with Gasteiger partial charge in [0.1, 0.15) is 0 Å². The molecule has 1 heterocycles. The van der Waals surface area contributed by atoms with Crippen molar-refractivity contribution >= 4 is 34.0 Å². The minimum absolute atomic E-state index is 0.0584. The number of halogens is 4. The van der Waals surface area contributed by atoms with Gasteiger partial charge in [-0.1, -0.05) is 32.4 Å². The van der Waals surface area contributed by atoms with Crippen LogP contribution in [-0.2, 0) is 22.8 Å². The Hall–Kier alpha value is -1.60. The molecule has 2 aromatic rings. The topological polar surface area (TPSA) is 42.0 Å². The van der Waals surface area contributed by atoms with Crippen molar-refractivity contribution in [2.75, 3.05) is 5.32 Å². The van der Waals surface area contributed by atoms with Crippen LogP contribution in [0.15, 0.2) is 23.6 Å². The number of amides is 1. The van der Waals surface area contributed by atoms with E-state index in [-0.39, 0.29) is 22.4 Å². The van der Waals surface area contributed by atoms with Crippen molar-refractivity contribution < 1.29 is 18.0 Å². The zero-order valence-corrected chi connectivity index (χ0v) is 14.9. The maximum atomic E-state index is 12.8. The van der Waals surface area contributed by atoms with E-state index in [1.807, 2.05) is 26.2 Å². The first kappa shape index (κ1) is 18.7. The molecule has 0 aliphatic carbocycles. The van der Waals surface area contributed by atoms with Crippen LogP contribution in [0.25, 0.3) is 0 Å². The number of alkyl halides is 3. The number of aromatic nitrogens is 1. The fraction of sp³-hybridized carbons (Fsp3) is 0.375. The van der Waals surface area contributed by atoms with Gasteiger partial charge in [0.15, 0.2) is 5.13 Å². The third kappa shape index (κ3) is 4.95. The van der Waals surface area contributed by atoms with E-state index in [1.165, 1.54) is 17.4 Å². The smallest absolute Gasteiger partial charge is 0.302 e. The molecule has 3 nitrogen and oxygen atoms in total. The van der Waals surface area contributed by atoms with Crippen molar-refractivity contribution in [2.45, 2.75) is 38.8 Å². The van der Waals surface area contributed by atoms with Gasteiger partial charge in [0.2, 0.25) is 5.91 Å². The average molecular weight is 377 g/mol. The Balaban J connectivity index is 2.10. The number of carbonyl (C=O) groups is 1. The maximum absolute atomic E-state index is 12.8. The van der Waals surface area contributed by atoms with Gasteiger partial charge < -0.3 is 5.32 Å². The molecule has 0 fully saturated rings. The van der Waals surface area contributed by atoms with E-state index in [2.05, 4.69) is 10.3 Å². The van der Waals surface area contributed by atoms with Crippen molar-refractivity contribution in [3.05, 3.63) is 45.4 Å². The van der Waals surface area contributed by atoms with Crippen molar-refractivity contribution in [2.24, 2.45) is 0 Å². The van der Waals surface area contributed by atoms with E-state index in [1.54, 1.807) is 0 Å². The summed E-state index contributed by atoms with van der Waals surface area (Å²) in [6.07, 6.45) is -4.72. The highest BCUT2D eigenvalue weighted by Crippen LogP contribution is 2.32. The molecule has 0 aliphatic rings. The molecule has 0 saturated carbocycles. The number of hydrogen-bond acceptors (Lipinski definition) is 3. The number of benzene rings is 1. The number of anilines is 1. The molecule has 0 aliphatic heterocycles. The zero-order valence-electron chi connectivity index (χ0n) is 13.3. The van der Waals surface area contributed by atoms with Crippen molar-refractivity contribution in [3.8, 4) is 0 Å². The van der Waals surface area contributed by atoms with Gasteiger partial charge >= 0.3 is 6.18 Å². The summed E-state index contributed by atoms with van der Waals surface area (Å²) in [6, 6.07) is 3.10. The molecule has 2 rings (SSSR count). The summed E-state index contributed by atoms with van der Waals surface area (Å²) in [7, 11) is 0. The van der Waals surface area contributed by atoms with Crippen LogP contribution in [0.1, 0.15) is 37.6 Å². The fourth-order valence-corrected chi connectivity index (χ4v) is 3.15. The summed E-state index contributed by atoms with van der Waals surface area (Å²) in [5.74, 6) is -0.444. The van der Waals surface area contributed by atoms with Crippen LogP contribution in [0.2, 0.25) is 5.02 Å². The number of hydrogen-bond donors (Lipinski definition) is 1. The maximum Gasteiger partial charge on any atom is 0.416 e. The molecule has 1 aromatic heterocycles. The number of nitrogens with zero attached hydrogens (tertiary/aromatic N) is 1. The third-order valence-electron chi connectivity index (χ3n) is 3.17. The van der Waals surface area contributed by atoms with Gasteiger partial charge in [0, 0.05) is 15.8 Å². The predicted octanol–water partition coefficient (Wildman–Crippen LogP) is 5.29. The Kier molecular flexibility index (Phi) is 5.25. The van der Waals surface area contributed by atoms with Crippen LogP contribution in [0.5, 0.6) is 0 Å². The molecule has 1 aromatic carbocycles. The molecule has 1 N–H and O–H groups in total. The second-order valence-electron chi connectivity index (χ2n) is 6.36. The standard InChI is InChI=1S/C16H16ClF3N2OS/c1-15(2,3)12-8-24-14(21-12)22-13(23)6-9-4-10(16(18,19)20)7-11(17)5-9/h4-5,7-8H,6H2,1-3H3,(H,21,22,23). The van der Waals surface area contributed by atoms with Crippen LogP contribution in [0.4, 0.5) is 18.3 Å². The highest BCUT2D eigenvalue weighted by Gasteiger charge is 2.31. The zero-order chi connectivity index (χ0) is 18.1. The van der Waals surface area contributed by atoms with E-state index in [0.29, 0.717) is 5.13 Å². The molecule has 130 valence electrons. The van der Waals surface area contributed by atoms with Gasteiger partial charge in [-0.3, -0.25) is 4.79 Å². The van der Waals surface area contributed by atoms with Gasteiger partial charge in [-0.25, -0.2) is 4.98 Å². The minimum atomic E-state index is -4.51. The van der Waals surface area contributed by atoms with E-state index in [0.717, 1.165) is 17.8 Å². The van der Waals surface area contributed by atoms with Gasteiger partial charge in [-0.15, -0.1) is 11.3 Å². The molecule has 0 unspecified atom stereocenters. The van der Waals surface area contributed by atoms with E-state index in [9.17, 15) is 18.0 Å². The predicted molar refractivity (Wildman–Crippen MR) is 89.6 cm³/mol. The second kappa shape index (κ2) is 6.72. The first-order chi connectivity index (χ1) is 10.9. The molecular weight excluding hydrogens is 361 g/mol. The number of rotatable bonds is 3. The Bertz CT molecular complexity index is 751. The fourth-order valence-electron chi connectivity index (χ4n) is 1.94. The molecule has 0 bridgehead atoms. The first-order valence-electron chi connectivity index (χ1n) is 7.07. The van der Waals surface area contributed by atoms with E-state index in [4.69, 9.17) is 11.6 Å². The molecule has 8 heteroatoms. The SMILES string of the molecule is CC(C)(C)c1csc(NC(=O)Cc2cc(Cl)cc(C(F)(F)F)c2)n1. The summed E-state index contributed by atoms with van der Waals surface area (Å²) in [5, 5.41) is 4.81. The summed E-state index contributed by atoms with van der Waals surface area (Å²) in [4.78, 5) is 16.4. The lowest BCUT2D eigenvalue weighted by molar-refractivity contribution is -0.137. The Labute approximate surface area is 146 Å². The summed E-state index contributed by atoms with van der Waals surface area (Å²) >= 11 is 6.99. The molecule has 0 radical (unpaired) electrons. The molecule has 1 amide bonds. The summed E-state index contributed by atoms with van der Waals surface area (Å²) < 4.78 is 38.3. The molecule has 0 spiro atoms. The van der Waals surface area contributed by atoms with Crippen LogP contribution >= 0.6 is 22.9 Å². The highest BCUT2D eigenvalue weighted by atomic mass is 35.5. The van der Waals surface area contributed by atoms with E-state index < -0.39 is 17.6 Å². The molecule has 0 saturated heterocycles. The van der Waals surface area contributed by atoms with Crippen LogP contribution in [0.3, 0.4) is 0 Å². The Morgan fingerprint density at radius 2 is 1.92 bits per heavy atom. The normalized spacial score (nSPS) is 12.3. The summed E-state index contributed by atoms with van der Waals surface area (Å²) in [6.45, 7) is 5.99. The Morgan fingerprint density at radius 3 is 2.46 bits per heavy atom. The van der Waals surface area contributed by atoms with Gasteiger partial charge in [0.25, 0.3) is 0 Å². The van der Waals surface area contributed by atoms with Crippen molar-refractivity contribution in [3.63, 3.8) is 0 Å². The Morgan fingerprint density at radius 1 is 1.25 bits per heavy atom. The van der Waals surface area contributed by atoms with Crippen molar-refractivity contribution in [1.29, 1.82) is 0 Å². The minimum Gasteiger partial charge on any atom is -0.302 e. The highest BCUT2D eigenvalue weighted by molar-refractivity contribution is 7.13. The van der Waals surface area contributed by atoms with Crippen LogP contribution < -0.4 is 5.32 Å². The lowest BCUT2D eigenvalue weighted by Crippen LogP contribution is -2.16. The van der Waals surface area contributed by atoms with Gasteiger partial charge in [-0.2, -0.15) is 13.2 Å². The molecule has 24 heavy (non-hydrogen) atoms. The third-order valence-corrected chi connectivity index (χ3v) is 4.14. The summed E-state index contributed by atoms with van der Waals surface area (Å²) in [5.41, 5.74) is 0.0144. The molecular formula is C16H16ClF3N2OS. The number of thiazole rings is 1. The average Bonchev–Trinajstić information content (AvgIpc) is 2.85. The van der Waals surface area contributed by atoms with E-state index >= 15 is 0 Å². The van der Waals surface area contributed by atoms with Gasteiger partial charge in [0.05, 0.1) is 17.7 Å². The first-order valence-corrected chi connectivity index (χ1v) is 8.33. The van der Waals surface area contributed by atoms with Crippen LogP contribution in [0, 0.1) is 0 Å². The second-order valence-corrected chi connectivity index (χ2v) is 7.65. The number of carbonyl (C=O) groups excluding carboxylic acids is 1. The quantitative estimate of drug-likeness (QED) is 0.790. The lowest BCUT2D eigenvalue weighted by Gasteiger charge is -2.14. The monoisotopic (exact) mass is 376 g/mol.